The van der Waals surface area contributed by atoms with Gasteiger partial charge in [-0.15, -0.1) is 11.3 Å². The largest absolute Gasteiger partial charge is 0.507 e. The van der Waals surface area contributed by atoms with Crippen LogP contribution in [0.2, 0.25) is 0 Å². The lowest BCUT2D eigenvalue weighted by Gasteiger charge is -2.04. The smallest absolute Gasteiger partial charge is 0.354 e. The first-order valence-corrected chi connectivity index (χ1v) is 7.14. The Morgan fingerprint density at radius 2 is 1.82 bits per heavy atom. The van der Waals surface area contributed by atoms with Gasteiger partial charge in [0.05, 0.1) is 10.9 Å². The molecule has 110 valence electrons. The van der Waals surface area contributed by atoms with Gasteiger partial charge >= 0.3 is 5.97 Å². The van der Waals surface area contributed by atoms with Gasteiger partial charge in [0.2, 0.25) is 0 Å². The molecule has 0 amide bonds. The van der Waals surface area contributed by atoms with Crippen molar-refractivity contribution in [3.63, 3.8) is 0 Å². The van der Waals surface area contributed by atoms with Gasteiger partial charge in [-0.25, -0.2) is 9.78 Å². The molecule has 2 aromatic heterocycles. The van der Waals surface area contributed by atoms with Crippen LogP contribution in [0.3, 0.4) is 0 Å². The molecule has 0 aliphatic carbocycles. The zero-order valence-corrected chi connectivity index (χ0v) is 12.0. The first-order valence-electron chi connectivity index (χ1n) is 6.32. The molecule has 4 rings (SSSR count). The Kier molecular flexibility index (Phi) is 3.20. The van der Waals surface area contributed by atoms with Gasteiger partial charge in [-0.05, 0) is 18.2 Å². The van der Waals surface area contributed by atoms with Crippen LogP contribution in [0, 0.1) is 0 Å². The Labute approximate surface area is 128 Å². The summed E-state index contributed by atoms with van der Waals surface area (Å²) in [5.41, 5.74) is 0.335. The fourth-order valence-corrected chi connectivity index (χ4v) is 3.75. The molecular formula is C16H11NO4S. The van der Waals surface area contributed by atoms with E-state index in [4.69, 9.17) is 5.11 Å². The highest BCUT2D eigenvalue weighted by Crippen LogP contribution is 2.40. The average molecular weight is 313 g/mol. The lowest BCUT2D eigenvalue weighted by molar-refractivity contribution is 0.0690. The van der Waals surface area contributed by atoms with Crippen molar-refractivity contribution in [1.29, 1.82) is 0 Å². The van der Waals surface area contributed by atoms with Crippen LogP contribution < -0.4 is 0 Å². The standard InChI is InChI=1S/C16H9NO3S.H2O/c18-11-7-10(16(19)20)17-9-5-6-13-14(15(9)11)8-3-1-2-4-12(8)21-13;/h1-7H,(H,17,18)(H,19,20);1H2. The van der Waals surface area contributed by atoms with E-state index >= 15 is 0 Å². The van der Waals surface area contributed by atoms with Gasteiger partial charge in [-0.1, -0.05) is 18.2 Å². The van der Waals surface area contributed by atoms with Crippen molar-refractivity contribution < 1.29 is 20.5 Å². The molecule has 0 fully saturated rings. The third kappa shape index (κ3) is 1.89. The molecule has 0 spiro atoms. The maximum Gasteiger partial charge on any atom is 0.354 e. The number of aromatic nitrogens is 1. The van der Waals surface area contributed by atoms with E-state index in [0.717, 1.165) is 20.2 Å². The number of nitrogens with zero attached hydrogens (tertiary/aromatic N) is 1. The number of aromatic carboxylic acids is 1. The number of rotatable bonds is 1. The number of aromatic hydroxyl groups is 1. The molecule has 0 unspecified atom stereocenters. The monoisotopic (exact) mass is 313 g/mol. The summed E-state index contributed by atoms with van der Waals surface area (Å²) in [5.74, 6) is -1.20. The van der Waals surface area contributed by atoms with Crippen molar-refractivity contribution in [2.75, 3.05) is 0 Å². The van der Waals surface area contributed by atoms with E-state index in [1.807, 2.05) is 30.3 Å². The van der Waals surface area contributed by atoms with Gasteiger partial charge in [-0.3, -0.25) is 0 Å². The molecule has 0 aliphatic rings. The van der Waals surface area contributed by atoms with Crippen molar-refractivity contribution in [2.24, 2.45) is 0 Å². The Balaban J connectivity index is 0.00000144. The first kappa shape index (κ1) is 14.2. The summed E-state index contributed by atoms with van der Waals surface area (Å²) in [6.07, 6.45) is 0. The van der Waals surface area contributed by atoms with E-state index in [2.05, 4.69) is 4.98 Å². The van der Waals surface area contributed by atoms with Gasteiger partial charge in [0.1, 0.15) is 5.75 Å². The second kappa shape index (κ2) is 4.94. The second-order valence-corrected chi connectivity index (χ2v) is 5.85. The predicted molar refractivity (Wildman–Crippen MR) is 86.9 cm³/mol. The molecule has 2 aromatic carbocycles. The number of hydrogen-bond donors (Lipinski definition) is 2. The molecule has 0 atom stereocenters. The van der Waals surface area contributed by atoms with Crippen LogP contribution in [0.25, 0.3) is 31.1 Å². The lowest BCUT2D eigenvalue weighted by Crippen LogP contribution is -2.00. The molecule has 0 saturated heterocycles. The van der Waals surface area contributed by atoms with Crippen LogP contribution in [-0.2, 0) is 0 Å². The van der Waals surface area contributed by atoms with Crippen LogP contribution in [0.15, 0.2) is 42.5 Å². The van der Waals surface area contributed by atoms with Gasteiger partial charge < -0.3 is 15.7 Å². The summed E-state index contributed by atoms with van der Waals surface area (Å²) in [6, 6.07) is 12.8. The number of carboxylic acid groups (broad SMARTS) is 1. The Bertz CT molecular complexity index is 1040. The van der Waals surface area contributed by atoms with Crippen molar-refractivity contribution in [3.05, 3.63) is 48.2 Å². The Morgan fingerprint density at radius 1 is 1.05 bits per heavy atom. The van der Waals surface area contributed by atoms with Crippen LogP contribution >= 0.6 is 11.3 Å². The minimum absolute atomic E-state index is 0. The fourth-order valence-electron chi connectivity index (χ4n) is 2.63. The van der Waals surface area contributed by atoms with Crippen LogP contribution in [0.5, 0.6) is 5.75 Å². The molecule has 22 heavy (non-hydrogen) atoms. The maximum atomic E-state index is 11.1. The van der Waals surface area contributed by atoms with Crippen molar-refractivity contribution in [1.82, 2.24) is 4.98 Å². The van der Waals surface area contributed by atoms with E-state index in [1.165, 1.54) is 6.07 Å². The van der Waals surface area contributed by atoms with Crippen molar-refractivity contribution in [2.45, 2.75) is 0 Å². The number of benzene rings is 2. The molecule has 0 saturated carbocycles. The van der Waals surface area contributed by atoms with Crippen LogP contribution in [0.1, 0.15) is 10.5 Å². The normalized spacial score (nSPS) is 10.9. The summed E-state index contributed by atoms with van der Waals surface area (Å²) >= 11 is 1.64. The molecule has 0 radical (unpaired) electrons. The van der Waals surface area contributed by atoms with E-state index in [0.29, 0.717) is 10.9 Å². The van der Waals surface area contributed by atoms with Crippen molar-refractivity contribution in [3.8, 4) is 5.75 Å². The first-order chi connectivity index (χ1) is 10.1. The summed E-state index contributed by atoms with van der Waals surface area (Å²) < 4.78 is 2.17. The number of carboxylic acids is 1. The van der Waals surface area contributed by atoms with Gasteiger partial charge in [0.25, 0.3) is 0 Å². The van der Waals surface area contributed by atoms with E-state index < -0.39 is 5.97 Å². The number of hydrogen-bond acceptors (Lipinski definition) is 4. The molecular weight excluding hydrogens is 302 g/mol. The van der Waals surface area contributed by atoms with E-state index in [1.54, 1.807) is 17.4 Å². The number of thiophene rings is 1. The van der Waals surface area contributed by atoms with Gasteiger partial charge in [-0.2, -0.15) is 0 Å². The molecule has 2 heterocycles. The molecule has 6 heteroatoms. The number of pyridine rings is 1. The third-order valence-electron chi connectivity index (χ3n) is 3.51. The van der Waals surface area contributed by atoms with E-state index in [9.17, 15) is 9.90 Å². The summed E-state index contributed by atoms with van der Waals surface area (Å²) in [7, 11) is 0. The lowest BCUT2D eigenvalue weighted by atomic mass is 10.1. The second-order valence-electron chi connectivity index (χ2n) is 4.76. The number of carbonyl (C=O) groups is 1. The highest BCUT2D eigenvalue weighted by molar-refractivity contribution is 7.26. The Morgan fingerprint density at radius 3 is 2.59 bits per heavy atom. The SMILES string of the molecule is O.O=C(O)c1cc(O)c2c(ccc3sc4ccccc4c32)n1. The highest BCUT2D eigenvalue weighted by atomic mass is 32.1. The molecule has 4 N–H and O–H groups in total. The van der Waals surface area contributed by atoms with Crippen LogP contribution in [-0.4, -0.2) is 26.6 Å². The fraction of sp³-hybridized carbons (Fsp3) is 0. The minimum Gasteiger partial charge on any atom is -0.507 e. The highest BCUT2D eigenvalue weighted by Gasteiger charge is 2.15. The maximum absolute atomic E-state index is 11.1. The molecule has 0 bridgehead atoms. The number of fused-ring (bicyclic) bond motifs is 5. The molecule has 4 aromatic rings. The van der Waals surface area contributed by atoms with E-state index in [-0.39, 0.29) is 16.9 Å². The summed E-state index contributed by atoms with van der Waals surface area (Å²) in [5, 5.41) is 21.9. The molecule has 0 aliphatic heterocycles. The quantitative estimate of drug-likeness (QED) is 0.563. The summed E-state index contributed by atoms with van der Waals surface area (Å²) in [4.78, 5) is 15.2. The Hall–Kier alpha value is -2.70. The molecule has 5 nitrogen and oxygen atoms in total. The summed E-state index contributed by atoms with van der Waals surface area (Å²) in [6.45, 7) is 0. The topological polar surface area (TPSA) is 102 Å². The average Bonchev–Trinajstić information content (AvgIpc) is 2.85. The predicted octanol–water partition coefficient (Wildman–Crippen LogP) is 3.18. The van der Waals surface area contributed by atoms with Crippen molar-refractivity contribution >= 4 is 48.4 Å². The minimum atomic E-state index is -1.15. The van der Waals surface area contributed by atoms with Gasteiger partial charge in [0.15, 0.2) is 5.69 Å². The zero-order valence-electron chi connectivity index (χ0n) is 11.2. The van der Waals surface area contributed by atoms with Crippen LogP contribution in [0.4, 0.5) is 0 Å². The zero-order chi connectivity index (χ0) is 14.6. The van der Waals surface area contributed by atoms with Gasteiger partial charge in [0, 0.05) is 26.2 Å². The third-order valence-corrected chi connectivity index (χ3v) is 4.65.